The van der Waals surface area contributed by atoms with Crippen molar-refractivity contribution in [3.63, 3.8) is 0 Å². The summed E-state index contributed by atoms with van der Waals surface area (Å²) >= 11 is 0. The zero-order valence-corrected chi connectivity index (χ0v) is 17.0. The molecule has 0 bridgehead atoms. The third-order valence-corrected chi connectivity index (χ3v) is 4.33. The van der Waals surface area contributed by atoms with Crippen molar-refractivity contribution in [1.29, 1.82) is 0 Å². The Morgan fingerprint density at radius 3 is 2.45 bits per heavy atom. The molecule has 1 N–H and O–H groups in total. The summed E-state index contributed by atoms with van der Waals surface area (Å²) in [5, 5.41) is 8.73. The van der Waals surface area contributed by atoms with Crippen molar-refractivity contribution in [1.82, 2.24) is 0 Å². The van der Waals surface area contributed by atoms with Crippen molar-refractivity contribution in [3.8, 4) is 17.2 Å². The average molecular weight is 418 g/mol. The highest BCUT2D eigenvalue weighted by molar-refractivity contribution is 6.07. The molecule has 0 amide bonds. The van der Waals surface area contributed by atoms with Crippen molar-refractivity contribution in [2.75, 3.05) is 13.7 Å². The van der Waals surface area contributed by atoms with Crippen molar-refractivity contribution in [2.45, 2.75) is 6.61 Å². The monoisotopic (exact) mass is 418 g/mol. The van der Waals surface area contributed by atoms with E-state index in [1.807, 2.05) is 54.6 Å². The predicted octanol–water partition coefficient (Wildman–Crippen LogP) is 4.63. The Morgan fingerprint density at radius 1 is 0.903 bits per heavy atom. The number of rotatable bonds is 10. The maximum absolute atomic E-state index is 12.6. The van der Waals surface area contributed by atoms with Crippen LogP contribution in [-0.4, -0.2) is 30.6 Å². The average Bonchev–Trinajstić information content (AvgIpc) is 2.80. The highest BCUT2D eigenvalue weighted by atomic mass is 16.5. The zero-order chi connectivity index (χ0) is 22.1. The Kier molecular flexibility index (Phi) is 7.43. The number of carboxylic acids is 1. The van der Waals surface area contributed by atoms with Crippen molar-refractivity contribution >= 4 is 17.8 Å². The number of hydrogen-bond donors (Lipinski definition) is 1. The fraction of sp³-hybridized carbons (Fsp3) is 0.120. The van der Waals surface area contributed by atoms with Gasteiger partial charge in [0.05, 0.1) is 7.11 Å². The number of methoxy groups -OCH3 is 1. The minimum Gasteiger partial charge on any atom is -0.493 e. The molecule has 0 fully saturated rings. The number of carboxylic acid groups (broad SMARTS) is 1. The minimum atomic E-state index is -1.10. The fourth-order valence-electron chi connectivity index (χ4n) is 2.80. The van der Waals surface area contributed by atoms with Gasteiger partial charge in [0.25, 0.3) is 0 Å². The van der Waals surface area contributed by atoms with Gasteiger partial charge >= 0.3 is 5.97 Å². The van der Waals surface area contributed by atoms with Crippen LogP contribution in [0.4, 0.5) is 0 Å². The normalized spacial score (nSPS) is 10.6. The molecule has 3 aromatic carbocycles. The Hall–Kier alpha value is -4.06. The topological polar surface area (TPSA) is 82.1 Å². The van der Waals surface area contributed by atoms with E-state index < -0.39 is 12.6 Å². The second-order valence-electron chi connectivity index (χ2n) is 6.59. The van der Waals surface area contributed by atoms with Crippen LogP contribution in [0.5, 0.6) is 17.2 Å². The number of carbonyl (C=O) groups is 2. The van der Waals surface area contributed by atoms with Gasteiger partial charge in [-0.25, -0.2) is 4.79 Å². The third-order valence-electron chi connectivity index (χ3n) is 4.33. The van der Waals surface area contributed by atoms with Crippen LogP contribution >= 0.6 is 0 Å². The van der Waals surface area contributed by atoms with Gasteiger partial charge in [-0.3, -0.25) is 4.79 Å². The van der Waals surface area contributed by atoms with Crippen LogP contribution in [0.3, 0.4) is 0 Å². The minimum absolute atomic E-state index is 0.223. The summed E-state index contributed by atoms with van der Waals surface area (Å²) in [4.78, 5) is 23.2. The molecular formula is C25H22O6. The van der Waals surface area contributed by atoms with Crippen LogP contribution < -0.4 is 14.2 Å². The number of benzene rings is 3. The molecule has 0 atom stereocenters. The smallest absolute Gasteiger partial charge is 0.341 e. The van der Waals surface area contributed by atoms with Crippen LogP contribution in [0.15, 0.2) is 78.9 Å². The van der Waals surface area contributed by atoms with Gasteiger partial charge in [0.15, 0.2) is 23.9 Å². The van der Waals surface area contributed by atoms with Gasteiger partial charge in [-0.05, 0) is 47.5 Å². The van der Waals surface area contributed by atoms with Crippen molar-refractivity contribution in [3.05, 3.63) is 95.6 Å². The van der Waals surface area contributed by atoms with Crippen LogP contribution in [0.25, 0.3) is 6.08 Å². The molecule has 0 saturated carbocycles. The molecular weight excluding hydrogens is 396 g/mol. The lowest BCUT2D eigenvalue weighted by molar-refractivity contribution is -0.139. The second kappa shape index (κ2) is 10.6. The van der Waals surface area contributed by atoms with Gasteiger partial charge in [0.2, 0.25) is 0 Å². The molecule has 0 aliphatic heterocycles. The predicted molar refractivity (Wildman–Crippen MR) is 117 cm³/mol. The second-order valence-corrected chi connectivity index (χ2v) is 6.59. The molecule has 0 radical (unpaired) electrons. The Bertz CT molecular complexity index is 1070. The summed E-state index contributed by atoms with van der Waals surface area (Å²) < 4.78 is 16.2. The van der Waals surface area contributed by atoms with Gasteiger partial charge in [0, 0.05) is 5.56 Å². The molecule has 158 valence electrons. The molecule has 0 aliphatic carbocycles. The van der Waals surface area contributed by atoms with Crippen LogP contribution in [0, 0.1) is 0 Å². The Morgan fingerprint density at radius 2 is 1.71 bits per heavy atom. The number of ether oxygens (including phenoxy) is 3. The summed E-state index contributed by atoms with van der Waals surface area (Å²) in [5.74, 6) is -0.0654. The van der Waals surface area contributed by atoms with E-state index in [1.54, 1.807) is 12.1 Å². The van der Waals surface area contributed by atoms with E-state index in [0.717, 1.165) is 11.1 Å². The van der Waals surface area contributed by atoms with E-state index in [2.05, 4.69) is 0 Å². The largest absolute Gasteiger partial charge is 0.493 e. The highest BCUT2D eigenvalue weighted by Crippen LogP contribution is 2.28. The van der Waals surface area contributed by atoms with Gasteiger partial charge in [-0.1, -0.05) is 48.5 Å². The SMILES string of the molecule is COc1cc(C(=O)C=Cc2cccc(OCc3ccccc3)c2)ccc1OCC(=O)O. The maximum atomic E-state index is 12.6. The van der Waals surface area contributed by atoms with Gasteiger partial charge in [-0.2, -0.15) is 0 Å². The quantitative estimate of drug-likeness (QED) is 0.382. The first-order chi connectivity index (χ1) is 15.0. The fourth-order valence-corrected chi connectivity index (χ4v) is 2.80. The maximum Gasteiger partial charge on any atom is 0.341 e. The molecule has 3 aromatic rings. The molecule has 31 heavy (non-hydrogen) atoms. The molecule has 0 unspecified atom stereocenters. The summed E-state index contributed by atoms with van der Waals surface area (Å²) in [7, 11) is 1.42. The zero-order valence-electron chi connectivity index (χ0n) is 17.0. The van der Waals surface area contributed by atoms with Crippen molar-refractivity contribution < 1.29 is 28.9 Å². The van der Waals surface area contributed by atoms with Crippen LogP contribution in [0.2, 0.25) is 0 Å². The standard InChI is InChI=1S/C25H22O6/c1-29-24-15-20(11-13-23(24)31-17-25(27)28)22(26)12-10-18-8-5-9-21(14-18)30-16-19-6-3-2-4-7-19/h2-15H,16-17H2,1H3,(H,27,28). The van der Waals surface area contributed by atoms with Gasteiger partial charge < -0.3 is 19.3 Å². The number of aliphatic carboxylic acids is 1. The summed E-state index contributed by atoms with van der Waals surface area (Å²) in [5.41, 5.74) is 2.29. The summed E-state index contributed by atoms with van der Waals surface area (Å²) in [6.45, 7) is -0.0325. The summed E-state index contributed by atoms with van der Waals surface area (Å²) in [6.07, 6.45) is 3.17. The third kappa shape index (κ3) is 6.47. The van der Waals surface area contributed by atoms with Crippen LogP contribution in [-0.2, 0) is 11.4 Å². The molecule has 3 rings (SSSR count). The molecule has 0 aromatic heterocycles. The highest BCUT2D eigenvalue weighted by Gasteiger charge is 2.11. The van der Waals surface area contributed by atoms with E-state index in [4.69, 9.17) is 19.3 Å². The van der Waals surface area contributed by atoms with Gasteiger partial charge in [-0.15, -0.1) is 0 Å². The molecule has 0 aliphatic rings. The van der Waals surface area contributed by atoms with E-state index in [9.17, 15) is 9.59 Å². The van der Waals surface area contributed by atoms with E-state index in [0.29, 0.717) is 17.9 Å². The van der Waals surface area contributed by atoms with Gasteiger partial charge in [0.1, 0.15) is 12.4 Å². The first-order valence-corrected chi connectivity index (χ1v) is 9.57. The van der Waals surface area contributed by atoms with E-state index in [-0.39, 0.29) is 17.3 Å². The number of ketones is 1. The number of allylic oxidation sites excluding steroid dienone is 1. The lowest BCUT2D eigenvalue weighted by atomic mass is 10.1. The first-order valence-electron chi connectivity index (χ1n) is 9.57. The molecule has 0 heterocycles. The molecule has 0 spiro atoms. The number of carbonyl (C=O) groups excluding carboxylic acids is 1. The lowest BCUT2D eigenvalue weighted by Gasteiger charge is -2.10. The number of hydrogen-bond acceptors (Lipinski definition) is 5. The Balaban J connectivity index is 1.66. The van der Waals surface area contributed by atoms with Crippen LogP contribution in [0.1, 0.15) is 21.5 Å². The van der Waals surface area contributed by atoms with Crippen molar-refractivity contribution in [2.24, 2.45) is 0 Å². The molecule has 6 heteroatoms. The molecule has 6 nitrogen and oxygen atoms in total. The summed E-state index contributed by atoms with van der Waals surface area (Å²) in [6, 6.07) is 21.9. The van der Waals surface area contributed by atoms with E-state index in [1.165, 1.54) is 25.3 Å². The first kappa shape index (κ1) is 21.6. The Labute approximate surface area is 180 Å². The van der Waals surface area contributed by atoms with E-state index >= 15 is 0 Å². The lowest BCUT2D eigenvalue weighted by Crippen LogP contribution is -2.10. The molecule has 0 saturated heterocycles.